The zero-order valence-corrected chi connectivity index (χ0v) is 24.9. The summed E-state index contributed by atoms with van der Waals surface area (Å²) < 4.78 is 4.62. The third-order valence-electron chi connectivity index (χ3n) is 2.10. The van der Waals surface area contributed by atoms with Crippen molar-refractivity contribution in [3.05, 3.63) is 67.6 Å². The molecule has 0 aliphatic rings. The number of hydrogen-bond acceptors (Lipinski definition) is 12. The van der Waals surface area contributed by atoms with Gasteiger partial charge in [0.15, 0.2) is 0 Å². The standard InChI is InChI=1S/C4H7N3O.C4H4N2.3C4H10.2C3H3N3/c1-3(2)4-5-6-7-8-4;1-2-4-6-5-3-1;3*1-4(2)3;1-2-5-6-3-4-1;1-2-4-6-5-3-1/h3H,1-2H3;1-4H;3*4H,1-3H3;2*1-3H. The summed E-state index contributed by atoms with van der Waals surface area (Å²) in [6.45, 7) is 23.4. The van der Waals surface area contributed by atoms with Crippen molar-refractivity contribution in [1.29, 1.82) is 0 Å². The van der Waals surface area contributed by atoms with Gasteiger partial charge in [-0.1, -0.05) is 81.3 Å². The van der Waals surface area contributed by atoms with Gasteiger partial charge in [-0.25, -0.2) is 4.98 Å². The fourth-order valence-electron chi connectivity index (χ4n) is 1.02. The zero-order valence-electron chi connectivity index (χ0n) is 24.9. The van der Waals surface area contributed by atoms with E-state index in [0.717, 1.165) is 17.8 Å². The quantitative estimate of drug-likeness (QED) is 0.292. The molecule has 38 heavy (non-hydrogen) atoms. The van der Waals surface area contributed by atoms with Gasteiger partial charge in [0.1, 0.15) is 6.33 Å². The first kappa shape index (κ1) is 38.7. The SMILES string of the molecule is CC(C)C.CC(C)C.CC(C)C.CC(C)c1nnno1.c1ccnnc1.c1cnncn1.c1cnnnc1. The minimum atomic E-state index is 0.282. The number of hydrogen-bond donors (Lipinski definition) is 0. The molecule has 0 radical (unpaired) electrons. The van der Waals surface area contributed by atoms with Crippen LogP contribution in [-0.4, -0.2) is 56.4 Å². The van der Waals surface area contributed by atoms with E-state index >= 15 is 0 Å². The van der Waals surface area contributed by atoms with E-state index in [9.17, 15) is 0 Å². The maximum atomic E-state index is 4.62. The van der Waals surface area contributed by atoms with Crippen molar-refractivity contribution in [3.8, 4) is 0 Å². The molecule has 12 nitrogen and oxygen atoms in total. The number of rotatable bonds is 1. The van der Waals surface area contributed by atoms with Crippen LogP contribution in [0.1, 0.15) is 88.0 Å². The maximum absolute atomic E-state index is 4.62. The predicted molar refractivity (Wildman–Crippen MR) is 149 cm³/mol. The molecule has 0 bridgehead atoms. The highest BCUT2D eigenvalue weighted by atomic mass is 16.5. The van der Waals surface area contributed by atoms with Crippen molar-refractivity contribution in [2.24, 2.45) is 17.8 Å². The second-order valence-corrected chi connectivity index (χ2v) is 9.57. The molecule has 0 atom stereocenters. The Kier molecular flexibility index (Phi) is 31.8. The topological polar surface area (TPSA) is 155 Å². The summed E-state index contributed by atoms with van der Waals surface area (Å²) >= 11 is 0. The fraction of sp³-hybridized carbons (Fsp3) is 0.577. The van der Waals surface area contributed by atoms with Gasteiger partial charge in [-0.3, -0.25) is 0 Å². The van der Waals surface area contributed by atoms with Crippen LogP contribution in [0.4, 0.5) is 0 Å². The zero-order chi connectivity index (χ0) is 29.4. The van der Waals surface area contributed by atoms with E-state index in [-0.39, 0.29) is 5.92 Å². The second kappa shape index (κ2) is 31.2. The van der Waals surface area contributed by atoms with Crippen LogP contribution >= 0.6 is 0 Å². The summed E-state index contributed by atoms with van der Waals surface area (Å²) in [6.07, 6.45) is 10.9. The first-order chi connectivity index (χ1) is 18.0. The van der Waals surface area contributed by atoms with Gasteiger partial charge < -0.3 is 4.52 Å². The lowest BCUT2D eigenvalue weighted by molar-refractivity contribution is 0.350. The molecule has 212 valence electrons. The first-order valence-electron chi connectivity index (χ1n) is 12.5. The fourth-order valence-corrected chi connectivity index (χ4v) is 1.02. The molecular weight excluding hydrogens is 482 g/mol. The van der Waals surface area contributed by atoms with Gasteiger partial charge in [-0.2, -0.15) is 15.3 Å². The monoisotopic (exact) mass is 529 g/mol. The van der Waals surface area contributed by atoms with E-state index in [0.29, 0.717) is 5.89 Å². The Morgan fingerprint density at radius 1 is 0.500 bits per heavy atom. The lowest BCUT2D eigenvalue weighted by Crippen LogP contribution is -1.85. The van der Waals surface area contributed by atoms with Crippen LogP contribution in [0.2, 0.25) is 0 Å². The summed E-state index contributed by atoms with van der Waals surface area (Å²) in [5.41, 5.74) is 0. The molecule has 4 aromatic rings. The van der Waals surface area contributed by atoms with Crippen LogP contribution < -0.4 is 0 Å². The Hall–Kier alpha value is -3.83. The van der Waals surface area contributed by atoms with Crippen molar-refractivity contribution in [2.75, 3.05) is 0 Å². The Morgan fingerprint density at radius 3 is 1.08 bits per heavy atom. The summed E-state index contributed by atoms with van der Waals surface area (Å²) in [5, 5.41) is 34.2. The van der Waals surface area contributed by atoms with Gasteiger partial charge >= 0.3 is 0 Å². The van der Waals surface area contributed by atoms with Crippen LogP contribution in [0.15, 0.2) is 66.2 Å². The molecule has 0 aliphatic carbocycles. The van der Waals surface area contributed by atoms with E-state index in [1.807, 2.05) is 26.0 Å². The van der Waals surface area contributed by atoms with Crippen molar-refractivity contribution in [1.82, 2.24) is 56.4 Å². The average molecular weight is 530 g/mol. The molecular formula is C26H47N11O. The molecule has 0 amide bonds. The van der Waals surface area contributed by atoms with Crippen LogP contribution in [0.3, 0.4) is 0 Å². The Labute approximate surface area is 228 Å². The van der Waals surface area contributed by atoms with Gasteiger partial charge in [0.05, 0.1) is 23.9 Å². The average Bonchev–Trinajstić information content (AvgIpc) is 3.43. The third-order valence-corrected chi connectivity index (χ3v) is 2.10. The Balaban J connectivity index is -0.000000383. The van der Waals surface area contributed by atoms with E-state index in [1.54, 1.807) is 37.1 Å². The van der Waals surface area contributed by atoms with Crippen molar-refractivity contribution in [2.45, 2.75) is 82.1 Å². The van der Waals surface area contributed by atoms with Crippen molar-refractivity contribution >= 4 is 0 Å². The highest BCUT2D eigenvalue weighted by Crippen LogP contribution is 2.06. The van der Waals surface area contributed by atoms with Gasteiger partial charge in [0.25, 0.3) is 5.89 Å². The Bertz CT molecular complexity index is 688. The molecule has 0 spiro atoms. The minimum absolute atomic E-state index is 0.282. The smallest absolute Gasteiger partial charge is 0.250 e. The highest BCUT2D eigenvalue weighted by Gasteiger charge is 2.03. The predicted octanol–water partition coefficient (Wildman–Crippen LogP) is 5.79. The maximum Gasteiger partial charge on any atom is 0.250 e. The third kappa shape index (κ3) is 49.3. The molecule has 0 fully saturated rings. The van der Waals surface area contributed by atoms with E-state index in [2.05, 4.69) is 123 Å². The summed E-state index contributed by atoms with van der Waals surface area (Å²) in [6, 6.07) is 5.37. The molecule has 0 aliphatic heterocycles. The number of aromatic nitrogens is 11. The normalized spacial score (nSPS) is 8.82. The molecule has 0 N–H and O–H groups in total. The van der Waals surface area contributed by atoms with Crippen molar-refractivity contribution < 1.29 is 4.52 Å². The largest absolute Gasteiger partial charge is 0.320 e. The summed E-state index contributed by atoms with van der Waals surface area (Å²) in [5.74, 6) is 3.37. The Morgan fingerprint density at radius 2 is 0.947 bits per heavy atom. The lowest BCUT2D eigenvalue weighted by Gasteiger charge is -1.89. The van der Waals surface area contributed by atoms with Gasteiger partial charge in [0.2, 0.25) is 0 Å². The number of nitrogens with zero attached hydrogens (tertiary/aromatic N) is 11. The van der Waals surface area contributed by atoms with E-state index < -0.39 is 0 Å². The minimum Gasteiger partial charge on any atom is -0.320 e. The van der Waals surface area contributed by atoms with Gasteiger partial charge in [0, 0.05) is 24.5 Å². The van der Waals surface area contributed by atoms with Gasteiger partial charge in [-0.15, -0.1) is 15.3 Å². The van der Waals surface area contributed by atoms with Crippen LogP contribution in [0.25, 0.3) is 0 Å². The van der Waals surface area contributed by atoms with Crippen LogP contribution in [-0.2, 0) is 0 Å². The van der Waals surface area contributed by atoms with E-state index in [4.69, 9.17) is 0 Å². The van der Waals surface area contributed by atoms with E-state index in [1.165, 1.54) is 12.5 Å². The van der Waals surface area contributed by atoms with Crippen LogP contribution in [0.5, 0.6) is 0 Å². The molecule has 0 aromatic carbocycles. The molecule has 4 aromatic heterocycles. The summed E-state index contributed by atoms with van der Waals surface area (Å²) in [4.78, 5) is 3.61. The second-order valence-electron chi connectivity index (χ2n) is 9.57. The lowest BCUT2D eigenvalue weighted by atomic mass is 10.2. The van der Waals surface area contributed by atoms with Gasteiger partial charge in [-0.05, 0) is 46.4 Å². The highest BCUT2D eigenvalue weighted by molar-refractivity contribution is 4.80. The molecule has 0 unspecified atom stereocenters. The molecule has 0 saturated carbocycles. The molecule has 4 heterocycles. The first-order valence-corrected chi connectivity index (χ1v) is 12.5. The molecule has 0 saturated heterocycles. The summed E-state index contributed by atoms with van der Waals surface area (Å²) in [7, 11) is 0. The van der Waals surface area contributed by atoms with Crippen molar-refractivity contribution in [3.63, 3.8) is 0 Å². The van der Waals surface area contributed by atoms with Crippen LogP contribution in [0, 0.1) is 17.8 Å². The molecule has 4 rings (SSSR count). The molecule has 12 heteroatoms.